The van der Waals surface area contributed by atoms with Gasteiger partial charge in [-0.2, -0.15) is 0 Å². The Labute approximate surface area is 156 Å². The molecule has 1 atom stereocenters. The van der Waals surface area contributed by atoms with Gasteiger partial charge in [-0.05, 0) is 30.2 Å². The maximum Gasteiger partial charge on any atom is 0.319 e. The van der Waals surface area contributed by atoms with Crippen LogP contribution in [0.15, 0.2) is 48.5 Å². The Balaban J connectivity index is 2.05. The minimum atomic E-state index is -0.737. The van der Waals surface area contributed by atoms with Crippen LogP contribution >= 0.6 is 23.2 Å². The van der Waals surface area contributed by atoms with Crippen molar-refractivity contribution in [3.8, 4) is 0 Å². The zero-order valence-electron chi connectivity index (χ0n) is 13.8. The van der Waals surface area contributed by atoms with E-state index >= 15 is 0 Å². The summed E-state index contributed by atoms with van der Waals surface area (Å²) in [5.74, 6) is -0.498. The number of urea groups is 1. The molecule has 7 heteroatoms. The molecule has 0 aliphatic heterocycles. The van der Waals surface area contributed by atoms with Crippen molar-refractivity contribution in [3.05, 3.63) is 58.6 Å². The van der Waals surface area contributed by atoms with Gasteiger partial charge >= 0.3 is 6.03 Å². The Morgan fingerprint density at radius 1 is 0.920 bits per heavy atom. The molecule has 1 unspecified atom stereocenters. The Morgan fingerprint density at radius 2 is 1.60 bits per heavy atom. The van der Waals surface area contributed by atoms with Crippen molar-refractivity contribution in [3.63, 3.8) is 0 Å². The van der Waals surface area contributed by atoms with Crippen LogP contribution in [0.1, 0.15) is 13.8 Å². The summed E-state index contributed by atoms with van der Waals surface area (Å²) in [6.07, 6.45) is 0. The van der Waals surface area contributed by atoms with Gasteiger partial charge in [-0.25, -0.2) is 4.79 Å². The number of carbonyl (C=O) groups is 2. The molecule has 2 aromatic rings. The van der Waals surface area contributed by atoms with Crippen LogP contribution in [0, 0.1) is 5.92 Å². The van der Waals surface area contributed by atoms with Gasteiger partial charge in [-0.1, -0.05) is 61.3 Å². The maximum atomic E-state index is 12.6. The molecule has 5 nitrogen and oxygen atoms in total. The highest BCUT2D eigenvalue weighted by Gasteiger charge is 2.25. The van der Waals surface area contributed by atoms with Crippen LogP contribution in [-0.2, 0) is 4.79 Å². The lowest BCUT2D eigenvalue weighted by molar-refractivity contribution is -0.118. The second kappa shape index (κ2) is 8.74. The lowest BCUT2D eigenvalue weighted by atomic mass is 10.0. The van der Waals surface area contributed by atoms with Gasteiger partial charge < -0.3 is 16.0 Å². The summed E-state index contributed by atoms with van der Waals surface area (Å²) in [5, 5.41) is 8.68. The summed E-state index contributed by atoms with van der Waals surface area (Å²) < 4.78 is 0. The highest BCUT2D eigenvalue weighted by atomic mass is 35.5. The van der Waals surface area contributed by atoms with E-state index < -0.39 is 12.1 Å². The first kappa shape index (κ1) is 19.1. The maximum absolute atomic E-state index is 12.6. The van der Waals surface area contributed by atoms with Crippen LogP contribution in [0.25, 0.3) is 0 Å². The second-order valence-electron chi connectivity index (χ2n) is 5.78. The lowest BCUT2D eigenvalue weighted by Gasteiger charge is -2.22. The zero-order chi connectivity index (χ0) is 18.4. The average molecular weight is 380 g/mol. The molecule has 0 aliphatic carbocycles. The molecule has 0 spiro atoms. The van der Waals surface area contributed by atoms with Gasteiger partial charge in [0.2, 0.25) is 5.91 Å². The van der Waals surface area contributed by atoms with E-state index in [1.807, 2.05) is 32.0 Å². The van der Waals surface area contributed by atoms with Crippen molar-refractivity contribution >= 4 is 46.5 Å². The van der Waals surface area contributed by atoms with Crippen LogP contribution in [0.2, 0.25) is 10.0 Å². The molecule has 25 heavy (non-hydrogen) atoms. The van der Waals surface area contributed by atoms with Gasteiger partial charge in [-0.15, -0.1) is 0 Å². The number of rotatable bonds is 5. The van der Waals surface area contributed by atoms with Crippen molar-refractivity contribution in [2.75, 3.05) is 10.6 Å². The van der Waals surface area contributed by atoms with E-state index in [9.17, 15) is 9.59 Å². The largest absolute Gasteiger partial charge is 0.326 e. The number of nitrogens with one attached hydrogen (secondary N) is 3. The van der Waals surface area contributed by atoms with Crippen LogP contribution in [-0.4, -0.2) is 18.0 Å². The summed E-state index contributed by atoms with van der Waals surface area (Å²) in [6.45, 7) is 3.68. The quantitative estimate of drug-likeness (QED) is 0.699. The number of amides is 3. The molecule has 132 valence electrons. The number of halogens is 2. The van der Waals surface area contributed by atoms with Crippen LogP contribution in [0.4, 0.5) is 16.2 Å². The van der Waals surface area contributed by atoms with E-state index in [1.165, 1.54) is 0 Å². The highest BCUT2D eigenvalue weighted by Crippen LogP contribution is 2.29. The molecule has 0 bridgehead atoms. The number of hydrogen-bond donors (Lipinski definition) is 3. The second-order valence-corrected chi connectivity index (χ2v) is 6.56. The van der Waals surface area contributed by atoms with Crippen molar-refractivity contribution in [1.82, 2.24) is 5.32 Å². The van der Waals surface area contributed by atoms with Crippen LogP contribution in [0.3, 0.4) is 0 Å². The molecule has 0 saturated carbocycles. The summed E-state index contributed by atoms with van der Waals surface area (Å²) in [5.41, 5.74) is 1.04. The SMILES string of the molecule is CC(C)C(NC(=O)Nc1ccccc1)C(=O)Nc1cccc(Cl)c1Cl. The number of carbonyl (C=O) groups excluding carboxylic acids is 2. The first-order valence-corrected chi connectivity index (χ1v) is 8.51. The van der Waals surface area contributed by atoms with E-state index in [-0.39, 0.29) is 16.8 Å². The number of para-hydroxylation sites is 1. The summed E-state index contributed by atoms with van der Waals surface area (Å²) in [7, 11) is 0. The summed E-state index contributed by atoms with van der Waals surface area (Å²) in [6, 6.07) is 12.7. The minimum Gasteiger partial charge on any atom is -0.326 e. The fraction of sp³-hybridized carbons (Fsp3) is 0.222. The molecule has 2 aromatic carbocycles. The van der Waals surface area contributed by atoms with E-state index in [0.717, 1.165) is 0 Å². The third-order valence-corrected chi connectivity index (χ3v) is 4.30. The molecule has 0 aliphatic rings. The lowest BCUT2D eigenvalue weighted by Crippen LogP contribution is -2.48. The monoisotopic (exact) mass is 379 g/mol. The highest BCUT2D eigenvalue weighted by molar-refractivity contribution is 6.44. The molecular weight excluding hydrogens is 361 g/mol. The third-order valence-electron chi connectivity index (χ3n) is 3.48. The van der Waals surface area contributed by atoms with Crippen molar-refractivity contribution in [2.45, 2.75) is 19.9 Å². The smallest absolute Gasteiger partial charge is 0.319 e. The van der Waals surface area contributed by atoms with Crippen molar-refractivity contribution in [2.24, 2.45) is 5.92 Å². The van der Waals surface area contributed by atoms with Gasteiger partial charge in [0.15, 0.2) is 0 Å². The topological polar surface area (TPSA) is 70.2 Å². The fourth-order valence-corrected chi connectivity index (χ4v) is 2.52. The van der Waals surface area contributed by atoms with E-state index in [4.69, 9.17) is 23.2 Å². The number of hydrogen-bond acceptors (Lipinski definition) is 2. The van der Waals surface area contributed by atoms with Crippen molar-refractivity contribution < 1.29 is 9.59 Å². The van der Waals surface area contributed by atoms with Gasteiger partial charge in [0.1, 0.15) is 6.04 Å². The summed E-state index contributed by atoms with van der Waals surface area (Å²) in [4.78, 5) is 24.7. The molecule has 3 amide bonds. The van der Waals surface area contributed by atoms with Gasteiger partial charge in [-0.3, -0.25) is 4.79 Å². The predicted octanol–water partition coefficient (Wildman–Crippen LogP) is 4.78. The first-order valence-electron chi connectivity index (χ1n) is 7.76. The normalized spacial score (nSPS) is 11.7. The Morgan fingerprint density at radius 3 is 2.24 bits per heavy atom. The number of benzene rings is 2. The molecule has 2 rings (SSSR count). The standard InChI is InChI=1S/C18H19Cl2N3O2/c1-11(2)16(23-18(25)21-12-7-4-3-5-8-12)17(24)22-14-10-6-9-13(19)15(14)20/h3-11,16H,1-2H3,(H,22,24)(H2,21,23,25). The van der Waals surface area contributed by atoms with E-state index in [1.54, 1.807) is 30.3 Å². The number of anilines is 2. The average Bonchev–Trinajstić information content (AvgIpc) is 2.57. The predicted molar refractivity (Wildman–Crippen MR) is 102 cm³/mol. The molecule has 3 N–H and O–H groups in total. The minimum absolute atomic E-state index is 0.125. The van der Waals surface area contributed by atoms with Crippen LogP contribution in [0.5, 0.6) is 0 Å². The molecule has 0 radical (unpaired) electrons. The molecule has 0 fully saturated rings. The van der Waals surface area contributed by atoms with Gasteiger partial charge in [0.05, 0.1) is 15.7 Å². The van der Waals surface area contributed by atoms with Crippen molar-refractivity contribution in [1.29, 1.82) is 0 Å². The first-order chi connectivity index (χ1) is 11.9. The Bertz CT molecular complexity index is 751. The third kappa shape index (κ3) is 5.37. The van der Waals surface area contributed by atoms with Gasteiger partial charge in [0.25, 0.3) is 0 Å². The Kier molecular flexibility index (Phi) is 6.67. The fourth-order valence-electron chi connectivity index (χ4n) is 2.18. The molecule has 0 heterocycles. The Hall–Kier alpha value is -2.24. The van der Waals surface area contributed by atoms with E-state index in [2.05, 4.69) is 16.0 Å². The molecule has 0 aromatic heterocycles. The summed E-state index contributed by atoms with van der Waals surface area (Å²) >= 11 is 12.0. The molecule has 0 saturated heterocycles. The van der Waals surface area contributed by atoms with Gasteiger partial charge in [0, 0.05) is 5.69 Å². The van der Waals surface area contributed by atoms with E-state index in [0.29, 0.717) is 16.4 Å². The zero-order valence-corrected chi connectivity index (χ0v) is 15.4. The molecular formula is C18H19Cl2N3O2. The van der Waals surface area contributed by atoms with Crippen LogP contribution < -0.4 is 16.0 Å².